The van der Waals surface area contributed by atoms with E-state index in [9.17, 15) is 24.4 Å². The second kappa shape index (κ2) is 13.5. The molecule has 18 nitrogen and oxygen atoms in total. The van der Waals surface area contributed by atoms with Gasteiger partial charge in [-0.15, -0.1) is 0 Å². The van der Waals surface area contributed by atoms with Gasteiger partial charge in [-0.05, 0) is 34.0 Å². The van der Waals surface area contributed by atoms with E-state index in [1.165, 1.54) is 23.4 Å². The highest BCUT2D eigenvalue weighted by molar-refractivity contribution is 7.51. The van der Waals surface area contributed by atoms with Crippen molar-refractivity contribution in [1.29, 1.82) is 0 Å². The molecule has 0 spiro atoms. The van der Waals surface area contributed by atoms with Crippen LogP contribution in [0.3, 0.4) is 0 Å². The van der Waals surface area contributed by atoms with E-state index in [0.717, 1.165) is 0 Å². The highest BCUT2D eigenvalue weighted by Gasteiger charge is 2.43. The molecule has 0 aromatic carbocycles. The summed E-state index contributed by atoms with van der Waals surface area (Å²) in [5.41, 5.74) is 5.81. The largest absolute Gasteiger partial charge is 0.405 e. The molecule has 3 aromatic rings. The Morgan fingerprint density at radius 3 is 2.68 bits per heavy atom. The summed E-state index contributed by atoms with van der Waals surface area (Å²) in [4.78, 5) is 40.9. The van der Waals surface area contributed by atoms with Crippen molar-refractivity contribution in [3.8, 4) is 0 Å². The molecule has 0 saturated carbocycles. The van der Waals surface area contributed by atoms with Crippen molar-refractivity contribution in [2.75, 3.05) is 46.1 Å². The van der Waals surface area contributed by atoms with Crippen LogP contribution in [0.25, 0.3) is 11.2 Å². The van der Waals surface area contributed by atoms with Crippen LogP contribution in [0.5, 0.6) is 0 Å². The predicted octanol–water partition coefficient (Wildman–Crippen LogP) is -0.753. The maximum atomic E-state index is 14.1. The van der Waals surface area contributed by atoms with Gasteiger partial charge in [-0.3, -0.25) is 28.0 Å². The van der Waals surface area contributed by atoms with E-state index in [-0.39, 0.29) is 31.8 Å². The van der Waals surface area contributed by atoms with Crippen molar-refractivity contribution >= 4 is 24.7 Å². The summed E-state index contributed by atoms with van der Waals surface area (Å²) in [6.07, 6.45) is -0.277. The van der Waals surface area contributed by atoms with Crippen LogP contribution in [-0.2, 0) is 23.1 Å². The first-order valence-corrected chi connectivity index (χ1v) is 15.7. The lowest BCUT2D eigenvalue weighted by atomic mass is 10.2. The first-order valence-electron chi connectivity index (χ1n) is 14.2. The number of rotatable bonds is 13. The zero-order chi connectivity index (χ0) is 31.6. The number of nitrogens with one attached hydrogen (secondary N) is 2. The van der Waals surface area contributed by atoms with Gasteiger partial charge in [0.25, 0.3) is 5.56 Å². The number of aryl methyl sites for hydroxylation is 1. The number of aliphatic hydroxyl groups excluding tert-OH is 2. The maximum absolute atomic E-state index is 14.1. The fraction of sp³-hybridized carbons (Fsp3) is 0.640. The Labute approximate surface area is 251 Å². The smallest absolute Gasteiger partial charge is 0.394 e. The van der Waals surface area contributed by atoms with Gasteiger partial charge in [-0.25, -0.2) is 29.4 Å². The minimum absolute atomic E-state index is 0.0344. The molecule has 0 radical (unpaired) electrons. The number of hydrogen-bond donors (Lipinski definition) is 5. The summed E-state index contributed by atoms with van der Waals surface area (Å²) in [6, 6.07) is 0. The number of aromatic amines is 1. The van der Waals surface area contributed by atoms with Gasteiger partial charge in [0.1, 0.15) is 42.6 Å². The van der Waals surface area contributed by atoms with E-state index >= 15 is 0 Å². The summed E-state index contributed by atoms with van der Waals surface area (Å²) in [5.74, 6) is 0.213. The van der Waals surface area contributed by atoms with Crippen LogP contribution in [0.4, 0.5) is 5.82 Å². The summed E-state index contributed by atoms with van der Waals surface area (Å²) < 4.78 is 40.6. The number of nitrogens with two attached hydrogens (primary N) is 1. The Kier molecular flexibility index (Phi) is 9.93. The molecular weight excluding hydrogens is 601 g/mol. The average Bonchev–Trinajstić information content (AvgIpc) is 3.69. The number of H-pyrrole nitrogens is 1. The molecule has 6 N–H and O–H groups in total. The third kappa shape index (κ3) is 7.09. The van der Waals surface area contributed by atoms with E-state index < -0.39 is 62.5 Å². The van der Waals surface area contributed by atoms with Gasteiger partial charge in [0.15, 0.2) is 11.5 Å². The summed E-state index contributed by atoms with van der Waals surface area (Å²) in [5, 5.41) is 23.7. The number of nitrogens with zero attached hydrogens (tertiary/aromatic N) is 6. The van der Waals surface area contributed by atoms with Gasteiger partial charge >= 0.3 is 13.4 Å². The van der Waals surface area contributed by atoms with Crippen molar-refractivity contribution in [2.45, 2.75) is 63.1 Å². The minimum atomic E-state index is -4.08. The number of imidazole rings is 1. The monoisotopic (exact) mass is 639 g/mol. The van der Waals surface area contributed by atoms with Crippen LogP contribution in [0, 0.1) is 6.92 Å². The maximum Gasteiger partial charge on any atom is 0.405 e. The Bertz CT molecular complexity index is 1610. The second-order valence-electron chi connectivity index (χ2n) is 11.0. The van der Waals surface area contributed by atoms with Crippen LogP contribution in [0.2, 0.25) is 0 Å². The van der Waals surface area contributed by atoms with Crippen LogP contribution in [0.1, 0.15) is 37.3 Å². The molecule has 5 heterocycles. The zero-order valence-corrected chi connectivity index (χ0v) is 25.5. The van der Waals surface area contributed by atoms with Gasteiger partial charge in [0.05, 0.1) is 25.6 Å². The van der Waals surface area contributed by atoms with Crippen LogP contribution < -0.4 is 22.1 Å². The Balaban J connectivity index is 1.29. The Morgan fingerprint density at radius 1 is 1.18 bits per heavy atom. The van der Waals surface area contributed by atoms with E-state index in [0.29, 0.717) is 29.7 Å². The minimum Gasteiger partial charge on any atom is -0.394 e. The molecule has 19 heteroatoms. The van der Waals surface area contributed by atoms with Crippen LogP contribution in [-0.4, -0.2) is 109 Å². The normalized spacial score (nSPS) is 27.0. The average molecular weight is 640 g/mol. The molecule has 242 valence electrons. The van der Waals surface area contributed by atoms with Gasteiger partial charge < -0.3 is 30.3 Å². The number of anilines is 1. The topological polar surface area (TPSA) is 234 Å². The van der Waals surface area contributed by atoms with Crippen molar-refractivity contribution < 1.29 is 33.3 Å². The first kappa shape index (κ1) is 32.3. The number of aromatic nitrogens is 6. The molecule has 7 atom stereocenters. The van der Waals surface area contributed by atoms with Gasteiger partial charge in [-0.1, -0.05) is 0 Å². The highest BCUT2D eigenvalue weighted by atomic mass is 31.2. The van der Waals surface area contributed by atoms with E-state index in [4.69, 9.17) is 24.3 Å². The van der Waals surface area contributed by atoms with Crippen molar-refractivity contribution in [3.05, 3.63) is 45.3 Å². The molecule has 0 aliphatic carbocycles. The molecule has 0 amide bonds. The van der Waals surface area contributed by atoms with Gasteiger partial charge in [0, 0.05) is 31.1 Å². The lowest BCUT2D eigenvalue weighted by Crippen LogP contribution is -2.33. The van der Waals surface area contributed by atoms with Crippen LogP contribution >= 0.6 is 7.75 Å². The van der Waals surface area contributed by atoms with E-state index in [1.54, 1.807) is 11.5 Å². The molecule has 5 rings (SSSR count). The molecule has 2 fully saturated rings. The molecule has 2 aliphatic rings. The third-order valence-electron chi connectivity index (χ3n) is 7.49. The third-order valence-corrected chi connectivity index (χ3v) is 9.14. The highest BCUT2D eigenvalue weighted by Crippen LogP contribution is 2.49. The zero-order valence-electron chi connectivity index (χ0n) is 24.6. The molecule has 2 aliphatic heterocycles. The summed E-state index contributed by atoms with van der Waals surface area (Å²) in [7, 11) is -0.262. The first-order chi connectivity index (χ1) is 21.0. The second-order valence-corrected chi connectivity index (χ2v) is 12.8. The van der Waals surface area contributed by atoms with Crippen molar-refractivity contribution in [2.24, 2.45) is 0 Å². The SMILES string of the molecule is Cc1cn([C@H]2C[C@@H](OP(=O)(NCCCN(C)C)OC[C@H]3O[C@@H](n4cnc5c(N)ncnc54)C[C@H]3O)[C@@H](CO)O2)c(=O)[nH]c1=O. The van der Waals surface area contributed by atoms with Crippen LogP contribution in [0.15, 0.2) is 28.4 Å². The molecular formula is C25H38N9O9P. The van der Waals surface area contributed by atoms with Crippen molar-refractivity contribution in [1.82, 2.24) is 39.1 Å². The molecule has 2 saturated heterocycles. The van der Waals surface area contributed by atoms with Crippen molar-refractivity contribution in [3.63, 3.8) is 0 Å². The standard InChI is InChI=1S/C25H38N9O9P/c1-14-9-33(25(38)31-24(14)37)20-8-16(17(10-35)41-20)43-44(39,30-5-4-6-32(2)3)40-11-18-15(36)7-19(42-18)34-13-29-21-22(26)27-12-28-23(21)34/h9,12-13,15-20,35-36H,4-8,10-11H2,1-3H3,(H,30,39)(H2,26,27,28)(H,31,37,38)/t15-,16-,17-,18-,19-,20-,44?/m1/s1. The lowest BCUT2D eigenvalue weighted by molar-refractivity contribution is -0.0521. The quantitative estimate of drug-likeness (QED) is 0.114. The summed E-state index contributed by atoms with van der Waals surface area (Å²) in [6.45, 7) is 1.74. The fourth-order valence-electron chi connectivity index (χ4n) is 5.14. The number of ether oxygens (including phenoxy) is 2. The summed E-state index contributed by atoms with van der Waals surface area (Å²) >= 11 is 0. The fourth-order valence-corrected chi connectivity index (χ4v) is 6.72. The van der Waals surface area contributed by atoms with E-state index in [1.807, 2.05) is 19.0 Å². The molecule has 1 unspecified atom stereocenters. The van der Waals surface area contributed by atoms with Gasteiger partial charge in [0.2, 0.25) is 0 Å². The predicted molar refractivity (Wildman–Crippen MR) is 156 cm³/mol. The molecule has 0 bridgehead atoms. The lowest BCUT2D eigenvalue weighted by Gasteiger charge is -2.26. The van der Waals surface area contributed by atoms with E-state index in [2.05, 4.69) is 25.0 Å². The number of aliphatic hydroxyl groups is 2. The number of nitrogen functional groups attached to an aromatic ring is 1. The Morgan fingerprint density at radius 2 is 1.93 bits per heavy atom. The Hall–Kier alpha value is -3.06. The van der Waals surface area contributed by atoms with Gasteiger partial charge in [-0.2, -0.15) is 0 Å². The number of fused-ring (bicyclic) bond motifs is 1. The number of hydrogen-bond acceptors (Lipinski definition) is 14. The molecule has 3 aromatic heterocycles. The molecule has 44 heavy (non-hydrogen) atoms.